The molecule has 1 heterocycles. The number of aromatic hydroxyl groups is 1. The molecule has 2 aromatic carbocycles. The van der Waals surface area contributed by atoms with Gasteiger partial charge in [-0.2, -0.15) is 0 Å². The Balaban J connectivity index is 2.16. The molecule has 21 heavy (non-hydrogen) atoms. The van der Waals surface area contributed by atoms with Crippen LogP contribution in [0.2, 0.25) is 0 Å². The highest BCUT2D eigenvalue weighted by Crippen LogP contribution is 2.28. The zero-order valence-electron chi connectivity index (χ0n) is 11.6. The number of rotatable bonds is 2. The highest BCUT2D eigenvalue weighted by Gasteiger charge is 2.11. The van der Waals surface area contributed by atoms with Crippen LogP contribution >= 0.6 is 0 Å². The van der Waals surface area contributed by atoms with Crippen LogP contribution in [0.1, 0.15) is 5.56 Å². The van der Waals surface area contributed by atoms with Crippen LogP contribution in [0.5, 0.6) is 5.75 Å². The van der Waals surface area contributed by atoms with E-state index < -0.39 is 0 Å². The Hall–Kier alpha value is -2.88. The molecule has 0 aliphatic carbocycles. The van der Waals surface area contributed by atoms with Crippen molar-refractivity contribution in [1.29, 1.82) is 0 Å². The number of phenolic OH excluding ortho intramolecular Hbond substituents is 1. The maximum atomic E-state index is 9.37. The first-order valence-corrected chi connectivity index (χ1v) is 6.64. The van der Waals surface area contributed by atoms with Crippen LogP contribution in [0.15, 0.2) is 54.6 Å². The summed E-state index contributed by atoms with van der Waals surface area (Å²) in [5.41, 5.74) is 9.54. The van der Waals surface area contributed by atoms with Crippen molar-refractivity contribution < 1.29 is 5.11 Å². The summed E-state index contributed by atoms with van der Waals surface area (Å²) in [6, 6.07) is 16.6. The first-order valence-electron chi connectivity index (χ1n) is 6.64. The molecule has 3 N–H and O–H groups in total. The molecule has 0 saturated heterocycles. The minimum absolute atomic E-state index is 0.210. The highest BCUT2D eigenvalue weighted by molar-refractivity contribution is 5.71. The van der Waals surface area contributed by atoms with Gasteiger partial charge in [0, 0.05) is 16.7 Å². The average Bonchev–Trinajstić information content (AvgIpc) is 2.51. The fourth-order valence-electron chi connectivity index (χ4n) is 2.15. The molecule has 0 saturated carbocycles. The van der Waals surface area contributed by atoms with Crippen LogP contribution < -0.4 is 5.73 Å². The maximum Gasteiger partial charge on any atom is 0.162 e. The molecular weight excluding hydrogens is 262 g/mol. The number of anilines is 1. The third-order valence-electron chi connectivity index (χ3n) is 3.36. The highest BCUT2D eigenvalue weighted by atomic mass is 16.3. The minimum atomic E-state index is 0.210. The second-order valence-electron chi connectivity index (χ2n) is 4.82. The normalized spacial score (nSPS) is 10.5. The van der Waals surface area contributed by atoms with Gasteiger partial charge in [0.25, 0.3) is 0 Å². The SMILES string of the molecule is Cc1c(N)nc(-c2ccc(O)cc2)nc1-c1ccccc1. The summed E-state index contributed by atoms with van der Waals surface area (Å²) < 4.78 is 0. The number of aromatic nitrogens is 2. The maximum absolute atomic E-state index is 9.37. The van der Waals surface area contributed by atoms with Gasteiger partial charge in [-0.25, -0.2) is 9.97 Å². The number of nitrogens with two attached hydrogens (primary N) is 1. The number of nitrogen functional groups attached to an aromatic ring is 1. The largest absolute Gasteiger partial charge is 0.508 e. The topological polar surface area (TPSA) is 72.0 Å². The Bertz CT molecular complexity index is 768. The van der Waals surface area contributed by atoms with Crippen molar-refractivity contribution in [2.24, 2.45) is 0 Å². The van der Waals surface area contributed by atoms with Crippen LogP contribution in [0, 0.1) is 6.92 Å². The van der Waals surface area contributed by atoms with Gasteiger partial charge in [-0.05, 0) is 31.2 Å². The van der Waals surface area contributed by atoms with E-state index in [1.165, 1.54) is 0 Å². The van der Waals surface area contributed by atoms with E-state index in [2.05, 4.69) is 9.97 Å². The van der Waals surface area contributed by atoms with E-state index in [4.69, 9.17) is 5.73 Å². The molecule has 1 aromatic heterocycles. The van der Waals surface area contributed by atoms with Gasteiger partial charge in [0.15, 0.2) is 5.82 Å². The molecule has 0 atom stereocenters. The third kappa shape index (κ3) is 2.56. The molecule has 3 aromatic rings. The smallest absolute Gasteiger partial charge is 0.162 e. The first kappa shape index (κ1) is 13.1. The number of benzene rings is 2. The molecule has 104 valence electrons. The van der Waals surface area contributed by atoms with Crippen molar-refractivity contribution in [3.8, 4) is 28.4 Å². The molecule has 0 amide bonds. The Morgan fingerprint density at radius 2 is 1.52 bits per heavy atom. The van der Waals surface area contributed by atoms with Crippen LogP contribution in [-0.4, -0.2) is 15.1 Å². The fraction of sp³-hybridized carbons (Fsp3) is 0.0588. The van der Waals surface area contributed by atoms with Crippen molar-refractivity contribution in [2.45, 2.75) is 6.92 Å². The van der Waals surface area contributed by atoms with Gasteiger partial charge in [-0.3, -0.25) is 0 Å². The van der Waals surface area contributed by atoms with Crippen LogP contribution in [0.25, 0.3) is 22.6 Å². The number of hydrogen-bond acceptors (Lipinski definition) is 4. The number of phenols is 1. The standard InChI is InChI=1S/C17H15N3O/c1-11-15(12-5-3-2-4-6-12)19-17(20-16(11)18)13-7-9-14(21)10-8-13/h2-10,21H,1H3,(H2,18,19,20). The number of hydrogen-bond donors (Lipinski definition) is 2. The first-order chi connectivity index (χ1) is 10.1. The van der Waals surface area contributed by atoms with E-state index in [1.807, 2.05) is 37.3 Å². The van der Waals surface area contributed by atoms with Gasteiger partial charge in [0.05, 0.1) is 5.69 Å². The van der Waals surface area contributed by atoms with E-state index in [9.17, 15) is 5.11 Å². The molecule has 0 aliphatic heterocycles. The summed E-state index contributed by atoms with van der Waals surface area (Å²) in [7, 11) is 0. The van der Waals surface area contributed by atoms with Crippen molar-refractivity contribution in [3.63, 3.8) is 0 Å². The molecule has 0 radical (unpaired) electrons. The van der Waals surface area contributed by atoms with Crippen molar-refractivity contribution >= 4 is 5.82 Å². The molecule has 4 heteroatoms. The Morgan fingerprint density at radius 1 is 0.857 bits per heavy atom. The summed E-state index contributed by atoms with van der Waals surface area (Å²) in [4.78, 5) is 8.97. The van der Waals surface area contributed by atoms with Gasteiger partial charge in [0.1, 0.15) is 11.6 Å². The minimum Gasteiger partial charge on any atom is -0.508 e. The molecule has 0 bridgehead atoms. The van der Waals surface area contributed by atoms with E-state index >= 15 is 0 Å². The lowest BCUT2D eigenvalue weighted by Gasteiger charge is -2.10. The van der Waals surface area contributed by atoms with Crippen LogP contribution in [-0.2, 0) is 0 Å². The van der Waals surface area contributed by atoms with Crippen LogP contribution in [0.4, 0.5) is 5.82 Å². The molecule has 0 spiro atoms. The average molecular weight is 277 g/mol. The summed E-state index contributed by atoms with van der Waals surface area (Å²) in [5.74, 6) is 1.23. The predicted octanol–water partition coefficient (Wildman–Crippen LogP) is 3.41. The Kier molecular flexibility index (Phi) is 3.28. The fourth-order valence-corrected chi connectivity index (χ4v) is 2.15. The van der Waals surface area contributed by atoms with E-state index in [0.29, 0.717) is 11.6 Å². The lowest BCUT2D eigenvalue weighted by Crippen LogP contribution is -2.02. The Labute approximate surface area is 122 Å². The second-order valence-corrected chi connectivity index (χ2v) is 4.82. The van der Waals surface area contributed by atoms with E-state index in [0.717, 1.165) is 22.4 Å². The summed E-state index contributed by atoms with van der Waals surface area (Å²) in [6.45, 7) is 1.91. The van der Waals surface area contributed by atoms with Crippen molar-refractivity contribution in [2.75, 3.05) is 5.73 Å². The zero-order valence-corrected chi connectivity index (χ0v) is 11.6. The molecule has 0 aliphatic rings. The number of nitrogens with zero attached hydrogens (tertiary/aromatic N) is 2. The summed E-state index contributed by atoms with van der Waals surface area (Å²) in [6.07, 6.45) is 0. The van der Waals surface area contributed by atoms with Crippen LogP contribution in [0.3, 0.4) is 0 Å². The quantitative estimate of drug-likeness (QED) is 0.753. The van der Waals surface area contributed by atoms with Gasteiger partial charge in [0.2, 0.25) is 0 Å². The molecule has 4 nitrogen and oxygen atoms in total. The van der Waals surface area contributed by atoms with Gasteiger partial charge in [-0.15, -0.1) is 0 Å². The molecule has 0 fully saturated rings. The van der Waals surface area contributed by atoms with Gasteiger partial charge < -0.3 is 10.8 Å². The third-order valence-corrected chi connectivity index (χ3v) is 3.36. The summed E-state index contributed by atoms with van der Waals surface area (Å²) >= 11 is 0. The molecule has 3 rings (SSSR count). The summed E-state index contributed by atoms with van der Waals surface area (Å²) in [5, 5.41) is 9.37. The molecule has 0 unspecified atom stereocenters. The lowest BCUT2D eigenvalue weighted by molar-refractivity contribution is 0.475. The van der Waals surface area contributed by atoms with Crippen molar-refractivity contribution in [1.82, 2.24) is 9.97 Å². The lowest BCUT2D eigenvalue weighted by atomic mass is 10.1. The van der Waals surface area contributed by atoms with Gasteiger partial charge >= 0.3 is 0 Å². The predicted molar refractivity (Wildman–Crippen MR) is 83.7 cm³/mol. The second kappa shape index (κ2) is 5.25. The monoisotopic (exact) mass is 277 g/mol. The Morgan fingerprint density at radius 3 is 2.19 bits per heavy atom. The van der Waals surface area contributed by atoms with E-state index in [1.54, 1.807) is 24.3 Å². The van der Waals surface area contributed by atoms with Gasteiger partial charge in [-0.1, -0.05) is 30.3 Å². The zero-order chi connectivity index (χ0) is 14.8. The molecular formula is C17H15N3O. The van der Waals surface area contributed by atoms with E-state index in [-0.39, 0.29) is 5.75 Å². The van der Waals surface area contributed by atoms with Crippen molar-refractivity contribution in [3.05, 3.63) is 60.2 Å².